The van der Waals surface area contributed by atoms with E-state index in [-0.39, 0.29) is 0 Å². The average molecular weight is 273 g/mol. The van der Waals surface area contributed by atoms with Crippen LogP contribution in [0.3, 0.4) is 0 Å². The number of nitrogens with zero attached hydrogens (tertiary/aromatic N) is 4. The van der Waals surface area contributed by atoms with Crippen LogP contribution in [0.1, 0.15) is 37.1 Å². The Balaban J connectivity index is 2.02. The first-order valence-corrected chi connectivity index (χ1v) is 7.39. The third-order valence-corrected chi connectivity index (χ3v) is 4.53. The minimum atomic E-state index is 0.401. The summed E-state index contributed by atoms with van der Waals surface area (Å²) in [5.74, 6) is 0.586. The quantitative estimate of drug-likeness (QED) is 0.932. The molecule has 1 aliphatic rings. The molecule has 1 aliphatic heterocycles. The molecule has 2 aromatic heterocycles. The van der Waals surface area contributed by atoms with Crippen molar-refractivity contribution in [3.05, 3.63) is 17.6 Å². The van der Waals surface area contributed by atoms with E-state index in [4.69, 9.17) is 5.73 Å². The van der Waals surface area contributed by atoms with Crippen LogP contribution in [0.15, 0.2) is 6.33 Å². The first-order valence-electron chi connectivity index (χ1n) is 7.39. The van der Waals surface area contributed by atoms with Crippen molar-refractivity contribution in [1.29, 1.82) is 0 Å². The lowest BCUT2D eigenvalue weighted by Gasteiger charge is -2.23. The Labute approximate surface area is 119 Å². The van der Waals surface area contributed by atoms with E-state index in [0.717, 1.165) is 17.6 Å². The van der Waals surface area contributed by atoms with Crippen molar-refractivity contribution in [2.24, 2.45) is 0 Å². The molecule has 108 valence electrons. The van der Waals surface area contributed by atoms with E-state index in [9.17, 15) is 0 Å². The van der Waals surface area contributed by atoms with Crippen LogP contribution < -0.4 is 5.73 Å². The van der Waals surface area contributed by atoms with Crippen molar-refractivity contribution in [3.8, 4) is 0 Å². The fraction of sp³-hybridized carbons (Fsp3) is 0.600. The highest BCUT2D eigenvalue weighted by Gasteiger charge is 2.21. The summed E-state index contributed by atoms with van der Waals surface area (Å²) in [5, 5.41) is 1.01. The van der Waals surface area contributed by atoms with Gasteiger partial charge in [-0.15, -0.1) is 0 Å². The highest BCUT2D eigenvalue weighted by Crippen LogP contribution is 2.30. The molecule has 0 radical (unpaired) electrons. The SMILES string of the molecule is Cc1c(C)n(C(C)CN2CCCC2)c2ncnc(N)c12. The van der Waals surface area contributed by atoms with Crippen LogP contribution >= 0.6 is 0 Å². The molecule has 0 spiro atoms. The van der Waals surface area contributed by atoms with E-state index in [1.165, 1.54) is 37.2 Å². The number of nitrogens with two attached hydrogens (primary N) is 1. The summed E-state index contributed by atoms with van der Waals surface area (Å²) in [5.41, 5.74) is 9.45. The van der Waals surface area contributed by atoms with Gasteiger partial charge in [0.15, 0.2) is 0 Å². The Morgan fingerprint density at radius 2 is 1.95 bits per heavy atom. The maximum Gasteiger partial charge on any atom is 0.146 e. The van der Waals surface area contributed by atoms with Crippen LogP contribution in [0.2, 0.25) is 0 Å². The molecule has 0 amide bonds. The van der Waals surface area contributed by atoms with Crippen molar-refractivity contribution in [2.45, 2.75) is 39.7 Å². The second-order valence-electron chi connectivity index (χ2n) is 5.89. The molecule has 5 nitrogen and oxygen atoms in total. The third kappa shape index (κ3) is 2.06. The number of rotatable bonds is 3. The van der Waals surface area contributed by atoms with E-state index in [1.54, 1.807) is 6.33 Å². The van der Waals surface area contributed by atoms with Crippen molar-refractivity contribution in [1.82, 2.24) is 19.4 Å². The molecule has 20 heavy (non-hydrogen) atoms. The number of nitrogen functional groups attached to an aromatic ring is 1. The number of likely N-dealkylation sites (tertiary alicyclic amines) is 1. The Hall–Kier alpha value is -1.62. The summed E-state index contributed by atoms with van der Waals surface area (Å²) >= 11 is 0. The summed E-state index contributed by atoms with van der Waals surface area (Å²) in [6, 6.07) is 0.401. The van der Waals surface area contributed by atoms with Crippen LogP contribution in [-0.4, -0.2) is 39.1 Å². The third-order valence-electron chi connectivity index (χ3n) is 4.53. The standard InChI is InChI=1S/C15H23N5/c1-10(8-19-6-4-5-7-19)20-12(3)11(2)13-14(16)17-9-18-15(13)20/h9-10H,4-8H2,1-3H3,(H2,16,17,18). The first kappa shape index (κ1) is 13.4. The Bertz CT molecular complexity index is 625. The molecule has 0 saturated carbocycles. The maximum atomic E-state index is 6.03. The van der Waals surface area contributed by atoms with Gasteiger partial charge < -0.3 is 15.2 Å². The monoisotopic (exact) mass is 273 g/mol. The average Bonchev–Trinajstić information content (AvgIpc) is 2.99. The van der Waals surface area contributed by atoms with Crippen LogP contribution in [0.25, 0.3) is 11.0 Å². The lowest BCUT2D eigenvalue weighted by Crippen LogP contribution is -2.27. The predicted octanol–water partition coefficient (Wildman–Crippen LogP) is 2.29. The molecular formula is C15H23N5. The summed E-state index contributed by atoms with van der Waals surface area (Å²) < 4.78 is 2.32. The fourth-order valence-corrected chi connectivity index (χ4v) is 3.41. The zero-order valence-corrected chi connectivity index (χ0v) is 12.6. The molecule has 2 aromatic rings. The molecule has 3 heterocycles. The number of hydrogen-bond acceptors (Lipinski definition) is 4. The predicted molar refractivity (Wildman–Crippen MR) is 81.8 cm³/mol. The molecule has 5 heteroatoms. The van der Waals surface area contributed by atoms with Gasteiger partial charge in [-0.1, -0.05) is 0 Å². The van der Waals surface area contributed by atoms with Gasteiger partial charge in [0.05, 0.1) is 5.39 Å². The number of anilines is 1. The highest BCUT2D eigenvalue weighted by atomic mass is 15.2. The summed E-state index contributed by atoms with van der Waals surface area (Å²) in [6.45, 7) is 10.0. The van der Waals surface area contributed by atoms with E-state index in [1.807, 2.05) is 0 Å². The van der Waals surface area contributed by atoms with Crippen LogP contribution in [0.5, 0.6) is 0 Å². The van der Waals surface area contributed by atoms with Crippen LogP contribution in [0, 0.1) is 13.8 Å². The summed E-state index contributed by atoms with van der Waals surface area (Å²) in [6.07, 6.45) is 4.22. The zero-order valence-electron chi connectivity index (χ0n) is 12.6. The van der Waals surface area contributed by atoms with E-state index < -0.39 is 0 Å². The molecule has 1 atom stereocenters. The van der Waals surface area contributed by atoms with Crippen molar-refractivity contribution in [2.75, 3.05) is 25.4 Å². The van der Waals surface area contributed by atoms with Gasteiger partial charge in [-0.25, -0.2) is 9.97 Å². The Morgan fingerprint density at radius 3 is 2.65 bits per heavy atom. The van der Waals surface area contributed by atoms with Gasteiger partial charge in [-0.05, 0) is 52.3 Å². The number of fused-ring (bicyclic) bond motifs is 1. The number of hydrogen-bond donors (Lipinski definition) is 1. The van der Waals surface area contributed by atoms with E-state index in [2.05, 4.69) is 40.2 Å². The molecule has 1 fully saturated rings. The molecule has 0 bridgehead atoms. The molecular weight excluding hydrogens is 250 g/mol. The first-order chi connectivity index (χ1) is 9.59. The molecule has 0 aromatic carbocycles. The molecule has 1 saturated heterocycles. The van der Waals surface area contributed by atoms with E-state index >= 15 is 0 Å². The van der Waals surface area contributed by atoms with Gasteiger partial charge in [-0.2, -0.15) is 0 Å². The van der Waals surface area contributed by atoms with Gasteiger partial charge in [0.1, 0.15) is 17.8 Å². The fourth-order valence-electron chi connectivity index (χ4n) is 3.41. The normalized spacial score (nSPS) is 17.9. The second kappa shape index (κ2) is 5.05. The zero-order chi connectivity index (χ0) is 14.3. The van der Waals surface area contributed by atoms with Gasteiger partial charge in [-0.3, -0.25) is 0 Å². The molecule has 1 unspecified atom stereocenters. The van der Waals surface area contributed by atoms with Crippen LogP contribution in [-0.2, 0) is 0 Å². The Kier molecular flexibility index (Phi) is 3.38. The number of aromatic nitrogens is 3. The van der Waals surface area contributed by atoms with E-state index in [0.29, 0.717) is 11.9 Å². The lowest BCUT2D eigenvalue weighted by molar-refractivity contribution is 0.288. The lowest BCUT2D eigenvalue weighted by atomic mass is 10.2. The van der Waals surface area contributed by atoms with Gasteiger partial charge in [0, 0.05) is 18.3 Å². The molecule has 2 N–H and O–H groups in total. The van der Waals surface area contributed by atoms with Crippen molar-refractivity contribution < 1.29 is 0 Å². The minimum absolute atomic E-state index is 0.401. The summed E-state index contributed by atoms with van der Waals surface area (Å²) in [7, 11) is 0. The van der Waals surface area contributed by atoms with Crippen molar-refractivity contribution >= 4 is 16.9 Å². The minimum Gasteiger partial charge on any atom is -0.383 e. The second-order valence-corrected chi connectivity index (χ2v) is 5.89. The largest absolute Gasteiger partial charge is 0.383 e. The summed E-state index contributed by atoms with van der Waals surface area (Å²) in [4.78, 5) is 11.1. The van der Waals surface area contributed by atoms with Crippen molar-refractivity contribution in [3.63, 3.8) is 0 Å². The van der Waals surface area contributed by atoms with Gasteiger partial charge >= 0.3 is 0 Å². The Morgan fingerprint density at radius 1 is 1.25 bits per heavy atom. The smallest absolute Gasteiger partial charge is 0.146 e. The van der Waals surface area contributed by atoms with Gasteiger partial charge in [0.2, 0.25) is 0 Å². The maximum absolute atomic E-state index is 6.03. The number of aryl methyl sites for hydroxylation is 1. The van der Waals surface area contributed by atoms with Gasteiger partial charge in [0.25, 0.3) is 0 Å². The highest BCUT2D eigenvalue weighted by molar-refractivity contribution is 5.90. The molecule has 0 aliphatic carbocycles. The molecule has 3 rings (SSSR count). The van der Waals surface area contributed by atoms with Crippen LogP contribution in [0.4, 0.5) is 5.82 Å². The topological polar surface area (TPSA) is 60.0 Å².